The number of nitrogens with zero attached hydrogens (tertiary/aromatic N) is 1. The summed E-state index contributed by atoms with van der Waals surface area (Å²) >= 11 is 3.23. The number of anilines is 1. The Morgan fingerprint density at radius 1 is 1.38 bits per heavy atom. The van der Waals surface area contributed by atoms with Crippen molar-refractivity contribution in [1.29, 1.82) is 0 Å². The molecule has 0 atom stereocenters. The lowest BCUT2D eigenvalue weighted by Gasteiger charge is -2.07. The predicted molar refractivity (Wildman–Crippen MR) is 86.1 cm³/mol. The highest BCUT2D eigenvalue weighted by Gasteiger charge is 2.04. The van der Waals surface area contributed by atoms with Crippen LogP contribution in [-0.4, -0.2) is 29.3 Å². The Hall–Kier alpha value is -1.57. The third-order valence-corrected chi connectivity index (χ3v) is 4.60. The zero-order chi connectivity index (χ0) is 15.1. The monoisotopic (exact) mass is 323 g/mol. The second-order valence-corrected chi connectivity index (χ2v) is 6.52. The van der Waals surface area contributed by atoms with Gasteiger partial charge in [-0.15, -0.1) is 11.3 Å². The SMILES string of the molecule is Cc1csc(Sc2ccc(NC(=O)NCCCO)cc2)n1. The highest BCUT2D eigenvalue weighted by Crippen LogP contribution is 2.30. The maximum Gasteiger partial charge on any atom is 0.319 e. The number of carbonyl (C=O) groups is 1. The second kappa shape index (κ2) is 8.02. The van der Waals surface area contributed by atoms with Gasteiger partial charge in [-0.3, -0.25) is 0 Å². The first-order valence-electron chi connectivity index (χ1n) is 6.53. The Balaban J connectivity index is 1.85. The van der Waals surface area contributed by atoms with Gasteiger partial charge in [0.15, 0.2) is 4.34 Å². The lowest BCUT2D eigenvalue weighted by atomic mass is 10.3. The van der Waals surface area contributed by atoms with E-state index in [0.717, 1.165) is 20.6 Å². The number of benzene rings is 1. The Kier molecular flexibility index (Phi) is 6.04. The molecule has 0 aliphatic carbocycles. The van der Waals surface area contributed by atoms with Gasteiger partial charge in [0.1, 0.15) is 0 Å². The lowest BCUT2D eigenvalue weighted by molar-refractivity contribution is 0.249. The van der Waals surface area contributed by atoms with E-state index in [1.165, 1.54) is 0 Å². The third-order valence-electron chi connectivity index (χ3n) is 2.54. The Morgan fingerprint density at radius 3 is 2.76 bits per heavy atom. The summed E-state index contributed by atoms with van der Waals surface area (Å²) in [6.45, 7) is 2.51. The van der Waals surface area contributed by atoms with Crippen molar-refractivity contribution in [3.05, 3.63) is 35.3 Å². The van der Waals surface area contributed by atoms with Crippen molar-refractivity contribution in [2.24, 2.45) is 0 Å². The van der Waals surface area contributed by atoms with Crippen LogP contribution in [0.3, 0.4) is 0 Å². The predicted octanol–water partition coefficient (Wildman–Crippen LogP) is 3.11. The quantitative estimate of drug-likeness (QED) is 0.714. The number of urea groups is 1. The normalized spacial score (nSPS) is 10.4. The average molecular weight is 323 g/mol. The van der Waals surface area contributed by atoms with Crippen molar-refractivity contribution in [3.63, 3.8) is 0 Å². The van der Waals surface area contributed by atoms with Crippen LogP contribution in [-0.2, 0) is 0 Å². The number of nitrogens with one attached hydrogen (secondary N) is 2. The van der Waals surface area contributed by atoms with E-state index in [4.69, 9.17) is 5.11 Å². The van der Waals surface area contributed by atoms with Crippen molar-refractivity contribution in [1.82, 2.24) is 10.3 Å². The van der Waals surface area contributed by atoms with Gasteiger partial charge >= 0.3 is 6.03 Å². The van der Waals surface area contributed by atoms with Gasteiger partial charge in [-0.2, -0.15) is 0 Å². The van der Waals surface area contributed by atoms with Gasteiger partial charge in [0, 0.05) is 34.8 Å². The fourth-order valence-electron chi connectivity index (χ4n) is 1.54. The van der Waals surface area contributed by atoms with Gasteiger partial charge < -0.3 is 15.7 Å². The van der Waals surface area contributed by atoms with Crippen molar-refractivity contribution in [3.8, 4) is 0 Å². The summed E-state index contributed by atoms with van der Waals surface area (Å²) in [7, 11) is 0. The average Bonchev–Trinajstić information content (AvgIpc) is 2.87. The molecule has 5 nitrogen and oxygen atoms in total. The molecule has 1 heterocycles. The van der Waals surface area contributed by atoms with E-state index < -0.39 is 0 Å². The number of aryl methyl sites for hydroxylation is 1. The molecule has 0 saturated carbocycles. The van der Waals surface area contributed by atoms with Crippen molar-refractivity contribution >= 4 is 34.8 Å². The van der Waals surface area contributed by atoms with Crippen LogP contribution in [0.2, 0.25) is 0 Å². The first-order chi connectivity index (χ1) is 10.2. The molecule has 1 aromatic carbocycles. The molecule has 0 bridgehead atoms. The Labute approximate surface area is 131 Å². The van der Waals surface area contributed by atoms with E-state index in [9.17, 15) is 4.79 Å². The van der Waals surface area contributed by atoms with Gasteiger partial charge in [0.25, 0.3) is 0 Å². The lowest BCUT2D eigenvalue weighted by Crippen LogP contribution is -2.29. The smallest absolute Gasteiger partial charge is 0.319 e. The summed E-state index contributed by atoms with van der Waals surface area (Å²) < 4.78 is 1.01. The Bertz CT molecular complexity index is 584. The number of carbonyl (C=O) groups excluding carboxylic acids is 1. The van der Waals surface area contributed by atoms with E-state index in [2.05, 4.69) is 15.6 Å². The summed E-state index contributed by atoms with van der Waals surface area (Å²) in [6.07, 6.45) is 0.552. The van der Waals surface area contributed by atoms with Crippen molar-refractivity contribution in [2.45, 2.75) is 22.6 Å². The molecule has 0 spiro atoms. The van der Waals surface area contributed by atoms with Crippen LogP contribution in [0, 0.1) is 6.92 Å². The maximum atomic E-state index is 11.5. The molecule has 7 heteroatoms. The van der Waals surface area contributed by atoms with Gasteiger partial charge in [0.2, 0.25) is 0 Å². The minimum atomic E-state index is -0.264. The highest BCUT2D eigenvalue weighted by molar-refractivity contribution is 8.01. The van der Waals surface area contributed by atoms with E-state index in [0.29, 0.717) is 13.0 Å². The van der Waals surface area contributed by atoms with E-state index in [-0.39, 0.29) is 12.6 Å². The molecule has 0 aliphatic heterocycles. The highest BCUT2D eigenvalue weighted by atomic mass is 32.2. The molecule has 21 heavy (non-hydrogen) atoms. The number of aliphatic hydroxyl groups is 1. The van der Waals surface area contributed by atoms with Crippen LogP contribution >= 0.6 is 23.1 Å². The molecule has 2 rings (SSSR count). The standard InChI is InChI=1S/C14H17N3O2S2/c1-10-9-20-14(16-10)21-12-5-3-11(4-6-12)17-13(19)15-7-2-8-18/h3-6,9,18H,2,7-8H2,1H3,(H2,15,17,19). The molecule has 3 N–H and O–H groups in total. The van der Waals surface area contributed by atoms with Gasteiger partial charge in [-0.25, -0.2) is 9.78 Å². The van der Waals surface area contributed by atoms with Crippen LogP contribution in [0.1, 0.15) is 12.1 Å². The summed E-state index contributed by atoms with van der Waals surface area (Å²) in [6, 6.07) is 7.34. The molecular formula is C14H17N3O2S2. The number of hydrogen-bond acceptors (Lipinski definition) is 5. The largest absolute Gasteiger partial charge is 0.396 e. The zero-order valence-electron chi connectivity index (χ0n) is 11.6. The van der Waals surface area contributed by atoms with Crippen LogP contribution in [0.4, 0.5) is 10.5 Å². The topological polar surface area (TPSA) is 74.2 Å². The second-order valence-electron chi connectivity index (χ2n) is 4.34. The summed E-state index contributed by atoms with van der Waals surface area (Å²) in [5.41, 5.74) is 1.76. The fourth-order valence-corrected chi connectivity index (χ4v) is 3.35. The van der Waals surface area contributed by atoms with Gasteiger partial charge in [-0.05, 0) is 37.6 Å². The minimum Gasteiger partial charge on any atom is -0.396 e. The summed E-state index contributed by atoms with van der Waals surface area (Å²) in [5.74, 6) is 0. The first kappa shape index (κ1) is 15.8. The van der Waals surface area contributed by atoms with E-state index >= 15 is 0 Å². The molecular weight excluding hydrogens is 306 g/mol. The summed E-state index contributed by atoms with van der Waals surface area (Å²) in [4.78, 5) is 17.0. The molecule has 2 aromatic rings. The number of rotatable bonds is 6. The van der Waals surface area contributed by atoms with Crippen LogP contribution in [0.25, 0.3) is 0 Å². The van der Waals surface area contributed by atoms with E-state index in [1.54, 1.807) is 23.1 Å². The van der Waals surface area contributed by atoms with Gasteiger partial charge in [-0.1, -0.05) is 11.8 Å². The van der Waals surface area contributed by atoms with Crippen LogP contribution < -0.4 is 10.6 Å². The zero-order valence-corrected chi connectivity index (χ0v) is 13.3. The number of hydrogen-bond donors (Lipinski definition) is 3. The Morgan fingerprint density at radius 2 is 2.14 bits per heavy atom. The molecule has 0 unspecified atom stereocenters. The number of aromatic nitrogens is 1. The number of amides is 2. The van der Waals surface area contributed by atoms with Crippen molar-refractivity contribution in [2.75, 3.05) is 18.5 Å². The molecule has 0 radical (unpaired) electrons. The molecule has 0 aliphatic rings. The van der Waals surface area contributed by atoms with Crippen LogP contribution in [0.15, 0.2) is 38.9 Å². The molecule has 0 fully saturated rings. The minimum absolute atomic E-state index is 0.0719. The molecule has 112 valence electrons. The first-order valence-corrected chi connectivity index (χ1v) is 8.23. The van der Waals surface area contributed by atoms with Crippen molar-refractivity contribution < 1.29 is 9.90 Å². The summed E-state index contributed by atoms with van der Waals surface area (Å²) in [5, 5.41) is 16.1. The number of aliphatic hydroxyl groups excluding tert-OH is 1. The third kappa shape index (κ3) is 5.37. The number of thiazole rings is 1. The molecule has 0 saturated heterocycles. The van der Waals surface area contributed by atoms with Gasteiger partial charge in [0.05, 0.1) is 0 Å². The van der Waals surface area contributed by atoms with E-state index in [1.807, 2.05) is 36.6 Å². The van der Waals surface area contributed by atoms with Crippen LogP contribution in [0.5, 0.6) is 0 Å². The molecule has 2 amide bonds. The maximum absolute atomic E-state index is 11.5. The fraction of sp³-hybridized carbons (Fsp3) is 0.286. The molecule has 1 aromatic heterocycles.